The number of aromatic nitrogens is 3. The Morgan fingerprint density at radius 2 is 2.13 bits per heavy atom. The monoisotopic (exact) mass is 578 g/mol. The van der Waals surface area contributed by atoms with Gasteiger partial charge in [-0.1, -0.05) is 18.6 Å². The van der Waals surface area contributed by atoms with Crippen LogP contribution in [-0.4, -0.2) is 80.8 Å². The maximum Gasteiger partial charge on any atom is 0.246 e. The number of nitrogens with zero attached hydrogens (tertiary/aromatic N) is 5. The van der Waals surface area contributed by atoms with Crippen LogP contribution in [0.5, 0.6) is 5.75 Å². The number of benzene rings is 1. The zero-order chi connectivity index (χ0) is 27.0. The molecule has 38 heavy (non-hydrogen) atoms. The maximum atomic E-state index is 11.9. The number of hydrogen-bond donors (Lipinski definition) is 2. The van der Waals surface area contributed by atoms with E-state index in [1.165, 1.54) is 12.4 Å². The third-order valence-electron chi connectivity index (χ3n) is 7.43. The number of aliphatic hydroxyl groups excluding tert-OH is 1. The van der Waals surface area contributed by atoms with Gasteiger partial charge < -0.3 is 25.0 Å². The molecule has 4 heterocycles. The third-order valence-corrected chi connectivity index (χ3v) is 8.09. The summed E-state index contributed by atoms with van der Waals surface area (Å²) in [5, 5.41) is 11.4. The zero-order valence-electron chi connectivity index (χ0n) is 21.5. The molecular formula is C28H31BrN6O3. The van der Waals surface area contributed by atoms with Crippen molar-refractivity contribution in [3.05, 3.63) is 47.3 Å². The Kier molecular flexibility index (Phi) is 7.43. The summed E-state index contributed by atoms with van der Waals surface area (Å²) in [7, 11) is 1.64. The van der Waals surface area contributed by atoms with Crippen molar-refractivity contribution in [2.45, 2.75) is 32.0 Å². The number of amides is 1. The van der Waals surface area contributed by atoms with Gasteiger partial charge in [0.15, 0.2) is 0 Å². The molecule has 2 aliphatic heterocycles. The summed E-state index contributed by atoms with van der Waals surface area (Å²) in [4.78, 5) is 24.6. The third kappa shape index (κ3) is 4.66. The molecule has 0 spiro atoms. The molecule has 198 valence electrons. The molecule has 2 atom stereocenters. The lowest BCUT2D eigenvalue weighted by atomic mass is 9.91. The normalized spacial score (nSPS) is 20.1. The molecule has 2 aliphatic rings. The number of nitrogens with two attached hydrogens (primary N) is 1. The van der Waals surface area contributed by atoms with Crippen LogP contribution in [0.4, 0.5) is 5.82 Å². The molecule has 2 fully saturated rings. The van der Waals surface area contributed by atoms with Crippen molar-refractivity contribution in [3.8, 4) is 28.7 Å². The van der Waals surface area contributed by atoms with E-state index in [0.29, 0.717) is 31.2 Å². The molecule has 3 aromatic rings. The molecule has 0 aliphatic carbocycles. The van der Waals surface area contributed by atoms with Gasteiger partial charge in [-0.3, -0.25) is 9.69 Å². The van der Waals surface area contributed by atoms with Crippen molar-refractivity contribution in [2.24, 2.45) is 5.92 Å². The Morgan fingerprint density at radius 3 is 2.82 bits per heavy atom. The number of carbonyl (C=O) groups excluding carboxylic acids is 1. The SMILES string of the molecule is C=CC(=O)N1CC[C@H](N2CC(C#Cc3c(-c4ccc(Br)c(OC)c4)c4c(N)ncnc4n3CC)C2)[C@H](O)C1. The first kappa shape index (κ1) is 26.2. The molecule has 10 heteroatoms. The van der Waals surface area contributed by atoms with E-state index in [2.05, 4.69) is 60.7 Å². The fraction of sp³-hybridized carbons (Fsp3) is 0.393. The highest BCUT2D eigenvalue weighted by atomic mass is 79.9. The summed E-state index contributed by atoms with van der Waals surface area (Å²) >= 11 is 3.53. The van der Waals surface area contributed by atoms with Crippen LogP contribution >= 0.6 is 15.9 Å². The van der Waals surface area contributed by atoms with Gasteiger partial charge >= 0.3 is 0 Å². The minimum Gasteiger partial charge on any atom is -0.496 e. The van der Waals surface area contributed by atoms with Gasteiger partial charge in [-0.15, -0.1) is 0 Å². The van der Waals surface area contributed by atoms with Gasteiger partial charge in [0.1, 0.15) is 29.2 Å². The Bertz CT molecular complexity index is 1450. The lowest BCUT2D eigenvalue weighted by Crippen LogP contribution is -2.61. The van der Waals surface area contributed by atoms with Crippen LogP contribution in [0, 0.1) is 17.8 Å². The fourth-order valence-electron chi connectivity index (χ4n) is 5.45. The maximum absolute atomic E-state index is 11.9. The smallest absolute Gasteiger partial charge is 0.246 e. The first-order valence-electron chi connectivity index (χ1n) is 12.7. The van der Waals surface area contributed by atoms with Crippen molar-refractivity contribution >= 4 is 38.7 Å². The fourth-order valence-corrected chi connectivity index (χ4v) is 5.86. The van der Waals surface area contributed by atoms with Crippen molar-refractivity contribution in [3.63, 3.8) is 0 Å². The van der Waals surface area contributed by atoms with E-state index in [1.807, 2.05) is 18.2 Å². The zero-order valence-corrected chi connectivity index (χ0v) is 23.1. The standard InChI is InChI=1S/C28H31BrN6O3/c1-4-24(37)33-11-10-20(22(36)15-33)34-13-17(14-34)6-9-21-25(18-7-8-19(29)23(12-18)38-3)26-27(30)31-16-32-28(26)35(21)5-2/h4,7-8,12,16-17,20,22,36H,1,5,10-11,13-15H2,2-3H3,(H2,30,31,32)/t20-,22+/m0/s1. The number of ether oxygens (including phenoxy) is 1. The Morgan fingerprint density at radius 1 is 1.34 bits per heavy atom. The number of piperidine rings is 1. The van der Waals surface area contributed by atoms with Crippen molar-refractivity contribution in [1.82, 2.24) is 24.3 Å². The van der Waals surface area contributed by atoms with E-state index in [1.54, 1.807) is 12.0 Å². The average molecular weight is 579 g/mol. The number of fused-ring (bicyclic) bond motifs is 1. The van der Waals surface area contributed by atoms with Crippen LogP contribution in [0.3, 0.4) is 0 Å². The molecule has 9 nitrogen and oxygen atoms in total. The number of carbonyl (C=O) groups is 1. The molecule has 5 rings (SSSR count). The lowest BCUT2D eigenvalue weighted by Gasteiger charge is -2.47. The van der Waals surface area contributed by atoms with E-state index in [-0.39, 0.29) is 17.9 Å². The van der Waals surface area contributed by atoms with Crippen molar-refractivity contribution in [2.75, 3.05) is 39.0 Å². The van der Waals surface area contributed by atoms with Gasteiger partial charge in [0, 0.05) is 50.2 Å². The highest BCUT2D eigenvalue weighted by molar-refractivity contribution is 9.10. The van der Waals surface area contributed by atoms with Gasteiger partial charge in [-0.25, -0.2) is 9.97 Å². The van der Waals surface area contributed by atoms with E-state index in [0.717, 1.165) is 51.8 Å². The summed E-state index contributed by atoms with van der Waals surface area (Å²) in [5.74, 6) is 8.07. The number of likely N-dealkylation sites (tertiary alicyclic amines) is 2. The topological polar surface area (TPSA) is 110 Å². The minimum absolute atomic E-state index is 0.0323. The van der Waals surface area contributed by atoms with Crippen LogP contribution in [0.15, 0.2) is 41.7 Å². The van der Waals surface area contributed by atoms with Crippen LogP contribution in [0.25, 0.3) is 22.2 Å². The minimum atomic E-state index is -0.579. The van der Waals surface area contributed by atoms with Crippen molar-refractivity contribution in [1.29, 1.82) is 0 Å². The molecule has 0 bridgehead atoms. The summed E-state index contributed by atoms with van der Waals surface area (Å²) in [6.07, 6.45) is 2.94. The number of hydrogen-bond acceptors (Lipinski definition) is 7. The number of nitrogen functional groups attached to an aromatic ring is 1. The first-order chi connectivity index (χ1) is 18.4. The predicted octanol–water partition coefficient (Wildman–Crippen LogP) is 2.90. The Balaban J connectivity index is 1.43. The Hall–Kier alpha value is -3.39. The van der Waals surface area contributed by atoms with E-state index < -0.39 is 6.10 Å². The van der Waals surface area contributed by atoms with Gasteiger partial charge in [0.05, 0.1) is 23.1 Å². The van der Waals surface area contributed by atoms with Gasteiger partial charge in [-0.05, 0) is 59.0 Å². The number of aryl methyl sites for hydroxylation is 1. The molecule has 2 aromatic heterocycles. The first-order valence-corrected chi connectivity index (χ1v) is 13.5. The van der Waals surface area contributed by atoms with Gasteiger partial charge in [0.2, 0.25) is 5.91 Å². The molecular weight excluding hydrogens is 548 g/mol. The van der Waals surface area contributed by atoms with E-state index in [4.69, 9.17) is 10.5 Å². The number of β-amino-alcohol motifs (C(OH)–C–C–N with tert-alkyl or cyclic N) is 1. The van der Waals surface area contributed by atoms with Gasteiger partial charge in [-0.2, -0.15) is 0 Å². The average Bonchev–Trinajstić information content (AvgIpc) is 3.22. The van der Waals surface area contributed by atoms with Crippen LogP contribution in [0.2, 0.25) is 0 Å². The van der Waals surface area contributed by atoms with Crippen LogP contribution in [-0.2, 0) is 11.3 Å². The predicted molar refractivity (Wildman–Crippen MR) is 150 cm³/mol. The molecule has 2 saturated heterocycles. The van der Waals surface area contributed by atoms with Crippen LogP contribution < -0.4 is 10.5 Å². The highest BCUT2D eigenvalue weighted by Crippen LogP contribution is 2.39. The number of aliphatic hydroxyl groups is 1. The largest absolute Gasteiger partial charge is 0.496 e. The Labute approximate surface area is 230 Å². The second kappa shape index (κ2) is 10.8. The molecule has 0 saturated carbocycles. The lowest BCUT2D eigenvalue weighted by molar-refractivity contribution is -0.132. The van der Waals surface area contributed by atoms with E-state index >= 15 is 0 Å². The second-order valence-corrected chi connectivity index (χ2v) is 10.5. The number of methoxy groups -OCH3 is 1. The number of rotatable bonds is 5. The summed E-state index contributed by atoms with van der Waals surface area (Å²) in [6.45, 7) is 8.79. The molecule has 1 amide bonds. The second-order valence-electron chi connectivity index (χ2n) is 9.61. The molecule has 0 radical (unpaired) electrons. The number of anilines is 1. The molecule has 3 N–H and O–H groups in total. The van der Waals surface area contributed by atoms with Crippen LogP contribution in [0.1, 0.15) is 19.0 Å². The van der Waals surface area contributed by atoms with Gasteiger partial charge in [0.25, 0.3) is 0 Å². The highest BCUT2D eigenvalue weighted by Gasteiger charge is 2.38. The number of halogens is 1. The summed E-state index contributed by atoms with van der Waals surface area (Å²) in [6, 6.07) is 5.95. The summed E-state index contributed by atoms with van der Waals surface area (Å²) in [5.41, 5.74) is 9.77. The summed E-state index contributed by atoms with van der Waals surface area (Å²) < 4.78 is 8.48. The quantitative estimate of drug-likeness (QED) is 0.354. The van der Waals surface area contributed by atoms with E-state index in [9.17, 15) is 9.90 Å². The van der Waals surface area contributed by atoms with Crippen molar-refractivity contribution < 1.29 is 14.6 Å². The molecule has 0 unspecified atom stereocenters. The molecule has 1 aromatic carbocycles.